The van der Waals surface area contributed by atoms with E-state index in [1.54, 1.807) is 12.1 Å². The summed E-state index contributed by atoms with van der Waals surface area (Å²) in [6.07, 6.45) is 0.751. The van der Waals surface area contributed by atoms with Crippen LogP contribution in [0.3, 0.4) is 0 Å². The summed E-state index contributed by atoms with van der Waals surface area (Å²) in [6.45, 7) is 6.10. The molecule has 1 heterocycles. The molecule has 2 aromatic rings. The summed E-state index contributed by atoms with van der Waals surface area (Å²) in [4.78, 5) is 14.9. The highest BCUT2D eigenvalue weighted by molar-refractivity contribution is 5.82. The van der Waals surface area contributed by atoms with Crippen molar-refractivity contribution >= 4 is 5.91 Å². The van der Waals surface area contributed by atoms with Gasteiger partial charge >= 0.3 is 0 Å². The molecule has 0 unspecified atom stereocenters. The van der Waals surface area contributed by atoms with Gasteiger partial charge in [-0.05, 0) is 43.5 Å². The molecule has 0 bridgehead atoms. The first-order valence-corrected chi connectivity index (χ1v) is 9.57. The molecule has 5 heteroatoms. The Balaban J connectivity index is 1.65. The number of likely N-dealkylation sites (tertiary alicyclic amines) is 1. The van der Waals surface area contributed by atoms with E-state index in [9.17, 15) is 9.18 Å². The number of hydrogen-bond donors (Lipinski definition) is 2. The molecule has 1 amide bonds. The molecule has 0 radical (unpaired) electrons. The third-order valence-corrected chi connectivity index (χ3v) is 4.85. The number of benzene rings is 2. The van der Waals surface area contributed by atoms with Gasteiger partial charge in [0.25, 0.3) is 0 Å². The Morgan fingerprint density at radius 1 is 1.15 bits per heavy atom. The summed E-state index contributed by atoms with van der Waals surface area (Å²) in [5.74, 6) is -0.142. The SMILES string of the molecule is CC(C)NC(=O)[C@@H]1C[C@@H](NCc2cccc(F)c2)CN1Cc1ccccc1. The van der Waals surface area contributed by atoms with Crippen molar-refractivity contribution < 1.29 is 9.18 Å². The summed E-state index contributed by atoms with van der Waals surface area (Å²) >= 11 is 0. The average Bonchev–Trinajstić information content (AvgIpc) is 3.03. The minimum absolute atomic E-state index is 0.0796. The van der Waals surface area contributed by atoms with Crippen molar-refractivity contribution in [3.63, 3.8) is 0 Å². The zero-order chi connectivity index (χ0) is 19.2. The molecule has 1 aliphatic rings. The van der Waals surface area contributed by atoms with E-state index in [4.69, 9.17) is 0 Å². The Bertz CT molecular complexity index is 750. The Hall–Kier alpha value is -2.24. The third kappa shape index (κ3) is 5.62. The Labute approximate surface area is 160 Å². The lowest BCUT2D eigenvalue weighted by Gasteiger charge is -2.24. The molecule has 0 spiro atoms. The topological polar surface area (TPSA) is 44.4 Å². The van der Waals surface area contributed by atoms with E-state index in [0.29, 0.717) is 6.54 Å². The van der Waals surface area contributed by atoms with E-state index >= 15 is 0 Å². The smallest absolute Gasteiger partial charge is 0.237 e. The van der Waals surface area contributed by atoms with E-state index in [1.165, 1.54) is 11.6 Å². The zero-order valence-corrected chi connectivity index (χ0v) is 16.0. The second-order valence-electron chi connectivity index (χ2n) is 7.54. The molecule has 0 aliphatic carbocycles. The first kappa shape index (κ1) is 19.5. The summed E-state index contributed by atoms with van der Waals surface area (Å²) in [5.41, 5.74) is 2.12. The van der Waals surface area contributed by atoms with E-state index in [-0.39, 0.29) is 29.8 Å². The molecule has 144 valence electrons. The number of carbonyl (C=O) groups excluding carboxylic acids is 1. The Morgan fingerprint density at radius 3 is 2.59 bits per heavy atom. The molecular formula is C22H28FN3O. The molecule has 2 aromatic carbocycles. The van der Waals surface area contributed by atoms with E-state index in [0.717, 1.165) is 25.1 Å². The molecule has 4 nitrogen and oxygen atoms in total. The summed E-state index contributed by atoms with van der Waals surface area (Å²) < 4.78 is 13.4. The van der Waals surface area contributed by atoms with E-state index in [1.807, 2.05) is 38.1 Å². The minimum atomic E-state index is -0.222. The molecule has 1 aliphatic heterocycles. The molecular weight excluding hydrogens is 341 g/mol. The van der Waals surface area contributed by atoms with Crippen molar-refractivity contribution in [3.05, 3.63) is 71.5 Å². The fourth-order valence-corrected chi connectivity index (χ4v) is 3.61. The molecule has 1 saturated heterocycles. The van der Waals surface area contributed by atoms with Crippen molar-refractivity contribution in [2.75, 3.05) is 6.54 Å². The maximum absolute atomic E-state index is 13.4. The Morgan fingerprint density at radius 2 is 1.89 bits per heavy atom. The van der Waals surface area contributed by atoms with Gasteiger partial charge in [-0.2, -0.15) is 0 Å². The maximum atomic E-state index is 13.4. The van der Waals surface area contributed by atoms with Gasteiger partial charge in [-0.15, -0.1) is 0 Å². The normalized spacial score (nSPS) is 20.1. The van der Waals surface area contributed by atoms with Crippen LogP contribution in [0.4, 0.5) is 4.39 Å². The van der Waals surface area contributed by atoms with E-state index in [2.05, 4.69) is 27.7 Å². The quantitative estimate of drug-likeness (QED) is 0.788. The third-order valence-electron chi connectivity index (χ3n) is 4.85. The highest BCUT2D eigenvalue weighted by Gasteiger charge is 2.36. The van der Waals surface area contributed by atoms with Gasteiger partial charge in [0.1, 0.15) is 5.82 Å². The fourth-order valence-electron chi connectivity index (χ4n) is 3.61. The van der Waals surface area contributed by atoms with Crippen LogP contribution in [0.2, 0.25) is 0 Å². The van der Waals surface area contributed by atoms with Crippen LogP contribution in [-0.2, 0) is 17.9 Å². The van der Waals surface area contributed by atoms with Crippen LogP contribution < -0.4 is 10.6 Å². The maximum Gasteiger partial charge on any atom is 0.237 e. The molecule has 27 heavy (non-hydrogen) atoms. The van der Waals surface area contributed by atoms with Crippen LogP contribution in [0.5, 0.6) is 0 Å². The van der Waals surface area contributed by atoms with Gasteiger partial charge in [-0.1, -0.05) is 42.5 Å². The van der Waals surface area contributed by atoms with Crippen molar-refractivity contribution in [1.82, 2.24) is 15.5 Å². The largest absolute Gasteiger partial charge is 0.353 e. The highest BCUT2D eigenvalue weighted by atomic mass is 19.1. The first-order valence-electron chi connectivity index (χ1n) is 9.57. The Kier molecular flexibility index (Phi) is 6.58. The van der Waals surface area contributed by atoms with Crippen LogP contribution in [0, 0.1) is 5.82 Å². The number of nitrogens with zero attached hydrogens (tertiary/aromatic N) is 1. The molecule has 0 saturated carbocycles. The number of carbonyl (C=O) groups is 1. The van der Waals surface area contributed by atoms with Crippen molar-refractivity contribution in [2.24, 2.45) is 0 Å². The van der Waals surface area contributed by atoms with Crippen LogP contribution in [0.25, 0.3) is 0 Å². The number of nitrogens with one attached hydrogen (secondary N) is 2. The van der Waals surface area contributed by atoms with Gasteiger partial charge in [0.2, 0.25) is 5.91 Å². The number of rotatable bonds is 7. The highest BCUT2D eigenvalue weighted by Crippen LogP contribution is 2.21. The van der Waals surface area contributed by atoms with Crippen molar-refractivity contribution in [3.8, 4) is 0 Å². The second kappa shape index (κ2) is 9.11. The van der Waals surface area contributed by atoms with Crippen LogP contribution in [0.15, 0.2) is 54.6 Å². The number of amides is 1. The van der Waals surface area contributed by atoms with Crippen molar-refractivity contribution in [2.45, 2.75) is 51.5 Å². The number of halogens is 1. The van der Waals surface area contributed by atoms with Gasteiger partial charge in [-0.3, -0.25) is 9.69 Å². The van der Waals surface area contributed by atoms with Gasteiger partial charge in [0.05, 0.1) is 6.04 Å². The lowest BCUT2D eigenvalue weighted by atomic mass is 10.1. The average molecular weight is 369 g/mol. The molecule has 2 atom stereocenters. The molecule has 1 fully saturated rings. The minimum Gasteiger partial charge on any atom is -0.353 e. The van der Waals surface area contributed by atoms with Crippen LogP contribution >= 0.6 is 0 Å². The lowest BCUT2D eigenvalue weighted by Crippen LogP contribution is -2.45. The molecule has 2 N–H and O–H groups in total. The zero-order valence-electron chi connectivity index (χ0n) is 16.0. The fraction of sp³-hybridized carbons (Fsp3) is 0.409. The second-order valence-corrected chi connectivity index (χ2v) is 7.54. The molecule has 3 rings (SSSR count). The predicted octanol–water partition coefficient (Wildman–Crippen LogP) is 3.08. The van der Waals surface area contributed by atoms with Gasteiger partial charge in [0.15, 0.2) is 0 Å². The van der Waals surface area contributed by atoms with Crippen molar-refractivity contribution in [1.29, 1.82) is 0 Å². The summed E-state index contributed by atoms with van der Waals surface area (Å²) in [7, 11) is 0. The monoisotopic (exact) mass is 369 g/mol. The first-order chi connectivity index (χ1) is 13.0. The summed E-state index contributed by atoms with van der Waals surface area (Å²) in [6, 6.07) is 17.0. The standard InChI is InChI=1S/C22H28FN3O/c1-16(2)25-22(27)21-12-20(24-13-18-9-6-10-19(23)11-18)15-26(21)14-17-7-4-3-5-8-17/h3-11,16,20-21,24H,12-15H2,1-2H3,(H,25,27)/t20-,21+/m1/s1. The van der Waals surface area contributed by atoms with Gasteiger partial charge in [-0.25, -0.2) is 4.39 Å². The van der Waals surface area contributed by atoms with Gasteiger partial charge in [0, 0.05) is 31.7 Å². The lowest BCUT2D eigenvalue weighted by molar-refractivity contribution is -0.126. The van der Waals surface area contributed by atoms with Gasteiger partial charge < -0.3 is 10.6 Å². The van der Waals surface area contributed by atoms with Crippen LogP contribution in [-0.4, -0.2) is 35.5 Å². The number of hydrogen-bond acceptors (Lipinski definition) is 3. The summed E-state index contributed by atoms with van der Waals surface area (Å²) in [5, 5.41) is 6.54. The van der Waals surface area contributed by atoms with E-state index < -0.39 is 0 Å². The van der Waals surface area contributed by atoms with Crippen LogP contribution in [0.1, 0.15) is 31.4 Å². The molecule has 0 aromatic heterocycles. The predicted molar refractivity (Wildman–Crippen MR) is 106 cm³/mol.